The van der Waals surface area contributed by atoms with Crippen LogP contribution in [-0.2, 0) is 4.79 Å². The summed E-state index contributed by atoms with van der Waals surface area (Å²) < 4.78 is 14.3. The van der Waals surface area contributed by atoms with Crippen molar-refractivity contribution in [2.24, 2.45) is 0 Å². The molecule has 2 rings (SSSR count). The number of hydrogen-bond donors (Lipinski definition) is 1. The van der Waals surface area contributed by atoms with Crippen LogP contribution in [0.25, 0.3) is 6.08 Å². The number of amides is 1. The highest BCUT2D eigenvalue weighted by Crippen LogP contribution is 2.22. The number of anilines is 1. The Labute approximate surface area is 140 Å². The van der Waals surface area contributed by atoms with Crippen molar-refractivity contribution in [3.63, 3.8) is 0 Å². The fourth-order valence-corrected chi connectivity index (χ4v) is 2.22. The Morgan fingerprint density at radius 3 is 2.74 bits per heavy atom. The molecule has 0 bridgehead atoms. The van der Waals surface area contributed by atoms with Crippen LogP contribution in [0, 0.1) is 22.9 Å². The van der Waals surface area contributed by atoms with E-state index >= 15 is 0 Å². The van der Waals surface area contributed by atoms with Gasteiger partial charge in [0.2, 0.25) is 5.91 Å². The molecular formula is C16H12BrFN2O3. The average Bonchev–Trinajstić information content (AvgIpc) is 2.50. The number of halogens is 2. The molecule has 0 unspecified atom stereocenters. The first-order valence-electron chi connectivity index (χ1n) is 6.56. The predicted molar refractivity (Wildman–Crippen MR) is 89.6 cm³/mol. The van der Waals surface area contributed by atoms with Gasteiger partial charge in [-0.2, -0.15) is 0 Å². The highest BCUT2D eigenvalue weighted by molar-refractivity contribution is 9.10. The summed E-state index contributed by atoms with van der Waals surface area (Å²) >= 11 is 3.22. The lowest BCUT2D eigenvalue weighted by Crippen LogP contribution is -2.09. The molecular weight excluding hydrogens is 367 g/mol. The van der Waals surface area contributed by atoms with Gasteiger partial charge in [-0.05, 0) is 36.8 Å². The van der Waals surface area contributed by atoms with E-state index in [-0.39, 0.29) is 11.3 Å². The van der Waals surface area contributed by atoms with Gasteiger partial charge in [-0.25, -0.2) is 4.39 Å². The first-order chi connectivity index (χ1) is 10.9. The van der Waals surface area contributed by atoms with Crippen LogP contribution in [0.1, 0.15) is 11.1 Å². The minimum absolute atomic E-state index is 0.118. The third-order valence-corrected chi connectivity index (χ3v) is 3.56. The van der Waals surface area contributed by atoms with E-state index in [1.165, 1.54) is 36.4 Å². The molecule has 0 aliphatic heterocycles. The summed E-state index contributed by atoms with van der Waals surface area (Å²) in [6.45, 7) is 1.72. The predicted octanol–water partition coefficient (Wildman–Crippen LogP) is 4.46. The third-order valence-electron chi connectivity index (χ3n) is 3.06. The van der Waals surface area contributed by atoms with Crippen LogP contribution in [-0.4, -0.2) is 10.8 Å². The number of carbonyl (C=O) groups excluding carboxylic acids is 1. The molecule has 118 valence electrons. The maximum atomic E-state index is 13.6. The molecule has 0 aromatic heterocycles. The summed E-state index contributed by atoms with van der Waals surface area (Å²) in [6.07, 6.45) is 2.51. The van der Waals surface area contributed by atoms with Gasteiger partial charge in [0.15, 0.2) is 0 Å². The smallest absolute Gasteiger partial charge is 0.271 e. The van der Waals surface area contributed by atoms with Gasteiger partial charge in [-0.3, -0.25) is 14.9 Å². The van der Waals surface area contributed by atoms with Gasteiger partial charge in [0.05, 0.1) is 10.6 Å². The average molecular weight is 379 g/mol. The van der Waals surface area contributed by atoms with Crippen molar-refractivity contribution in [3.05, 3.63) is 74.0 Å². The lowest BCUT2D eigenvalue weighted by molar-refractivity contribution is -0.384. The molecule has 0 fully saturated rings. The van der Waals surface area contributed by atoms with Crippen molar-refractivity contribution in [2.75, 3.05) is 5.32 Å². The number of rotatable bonds is 4. The second-order valence-electron chi connectivity index (χ2n) is 4.74. The van der Waals surface area contributed by atoms with Crippen LogP contribution in [0.3, 0.4) is 0 Å². The minimum atomic E-state index is -0.540. The highest BCUT2D eigenvalue weighted by atomic mass is 79.9. The Balaban J connectivity index is 2.16. The van der Waals surface area contributed by atoms with Crippen LogP contribution in [0.2, 0.25) is 0 Å². The highest BCUT2D eigenvalue weighted by Gasteiger charge is 2.10. The van der Waals surface area contributed by atoms with E-state index in [0.717, 1.165) is 0 Å². The van der Waals surface area contributed by atoms with E-state index in [0.29, 0.717) is 15.7 Å². The number of hydrogen-bond acceptors (Lipinski definition) is 3. The summed E-state index contributed by atoms with van der Waals surface area (Å²) in [6, 6.07) is 8.56. The topological polar surface area (TPSA) is 72.2 Å². The number of nitro groups is 1. The van der Waals surface area contributed by atoms with E-state index in [9.17, 15) is 19.3 Å². The van der Waals surface area contributed by atoms with Crippen molar-refractivity contribution in [1.29, 1.82) is 0 Å². The van der Waals surface area contributed by atoms with Crippen molar-refractivity contribution in [3.8, 4) is 0 Å². The molecule has 1 N–H and O–H groups in total. The summed E-state index contributed by atoms with van der Waals surface area (Å²) in [4.78, 5) is 22.1. The number of non-ortho nitro benzene ring substituents is 1. The monoisotopic (exact) mass is 378 g/mol. The van der Waals surface area contributed by atoms with E-state index in [2.05, 4.69) is 21.2 Å². The molecule has 0 saturated heterocycles. The van der Waals surface area contributed by atoms with Crippen molar-refractivity contribution in [1.82, 2.24) is 0 Å². The molecule has 0 aliphatic carbocycles. The SMILES string of the molecule is Cc1ccc([N+](=O)[O-])cc1NC(=O)/C=C/c1cc(Br)ccc1F. The summed E-state index contributed by atoms with van der Waals surface area (Å²) in [5.41, 5.74) is 1.16. The fourth-order valence-electron chi connectivity index (χ4n) is 1.84. The number of benzene rings is 2. The van der Waals surface area contributed by atoms with Crippen molar-refractivity contribution in [2.45, 2.75) is 6.92 Å². The molecule has 0 aliphatic rings. The molecule has 0 heterocycles. The zero-order valence-corrected chi connectivity index (χ0v) is 13.6. The normalized spacial score (nSPS) is 10.7. The third kappa shape index (κ3) is 4.46. The van der Waals surface area contributed by atoms with Gasteiger partial charge < -0.3 is 5.32 Å². The Bertz CT molecular complexity index is 806. The van der Waals surface area contributed by atoms with E-state index in [4.69, 9.17) is 0 Å². The lowest BCUT2D eigenvalue weighted by Gasteiger charge is -2.06. The molecule has 0 radical (unpaired) electrons. The van der Waals surface area contributed by atoms with E-state index in [1.807, 2.05) is 0 Å². The van der Waals surface area contributed by atoms with Gasteiger partial charge >= 0.3 is 0 Å². The van der Waals surface area contributed by atoms with Gasteiger partial charge in [0.25, 0.3) is 5.69 Å². The van der Waals surface area contributed by atoms with Crippen molar-refractivity contribution < 1.29 is 14.1 Å². The Hall–Kier alpha value is -2.54. The zero-order valence-electron chi connectivity index (χ0n) is 12.0. The molecule has 23 heavy (non-hydrogen) atoms. The van der Waals surface area contributed by atoms with Crippen LogP contribution >= 0.6 is 15.9 Å². The summed E-state index contributed by atoms with van der Waals surface area (Å²) in [5.74, 6) is -0.961. The van der Waals surface area contributed by atoms with Gasteiger partial charge in [-0.15, -0.1) is 0 Å². The molecule has 0 saturated carbocycles. The second-order valence-corrected chi connectivity index (χ2v) is 5.66. The minimum Gasteiger partial charge on any atom is -0.322 e. The molecule has 5 nitrogen and oxygen atoms in total. The fraction of sp³-hybridized carbons (Fsp3) is 0.0625. The van der Waals surface area contributed by atoms with Crippen LogP contribution < -0.4 is 5.32 Å². The number of aryl methyl sites for hydroxylation is 1. The van der Waals surface area contributed by atoms with Crippen molar-refractivity contribution >= 4 is 39.3 Å². The molecule has 0 atom stereocenters. The largest absolute Gasteiger partial charge is 0.322 e. The summed E-state index contributed by atoms with van der Waals surface area (Å²) in [7, 11) is 0. The first kappa shape index (κ1) is 16.8. The standard InChI is InChI=1S/C16H12BrFN2O3/c1-10-2-5-13(20(22)23)9-15(10)19-16(21)7-3-11-8-12(17)4-6-14(11)18/h2-9H,1H3,(H,19,21)/b7-3+. The maximum Gasteiger partial charge on any atom is 0.271 e. The lowest BCUT2D eigenvalue weighted by atomic mass is 10.1. The second kappa shape index (κ2) is 7.15. The van der Waals surface area contributed by atoms with Crippen LogP contribution in [0.15, 0.2) is 46.9 Å². The maximum absolute atomic E-state index is 13.6. The Morgan fingerprint density at radius 1 is 1.30 bits per heavy atom. The first-order valence-corrected chi connectivity index (χ1v) is 7.35. The molecule has 2 aromatic carbocycles. The van der Waals surface area contributed by atoms with Gasteiger partial charge in [-0.1, -0.05) is 22.0 Å². The number of nitro benzene ring substituents is 1. The summed E-state index contributed by atoms with van der Waals surface area (Å²) in [5, 5.41) is 13.3. The quantitative estimate of drug-likeness (QED) is 0.485. The zero-order chi connectivity index (χ0) is 17.0. The Morgan fingerprint density at radius 2 is 2.04 bits per heavy atom. The Kier molecular flexibility index (Phi) is 5.23. The number of nitrogens with zero attached hydrogens (tertiary/aromatic N) is 1. The molecule has 0 spiro atoms. The molecule has 7 heteroatoms. The van der Waals surface area contributed by atoms with Crippen LogP contribution in [0.5, 0.6) is 0 Å². The van der Waals surface area contributed by atoms with E-state index in [1.54, 1.807) is 19.1 Å². The van der Waals surface area contributed by atoms with Crippen LogP contribution in [0.4, 0.5) is 15.8 Å². The van der Waals surface area contributed by atoms with Gasteiger partial charge in [0, 0.05) is 28.2 Å². The van der Waals surface area contributed by atoms with Gasteiger partial charge in [0.1, 0.15) is 5.82 Å². The number of nitrogens with one attached hydrogen (secondary N) is 1. The molecule has 1 amide bonds. The number of carbonyl (C=O) groups is 1. The van der Waals surface area contributed by atoms with E-state index < -0.39 is 16.6 Å². The molecule has 2 aromatic rings.